The topological polar surface area (TPSA) is 53.7 Å². The maximum absolute atomic E-state index is 13.7. The van der Waals surface area contributed by atoms with Crippen LogP contribution >= 0.6 is 22.9 Å². The molecule has 0 spiro atoms. The van der Waals surface area contributed by atoms with Gasteiger partial charge in [-0.15, -0.1) is 0 Å². The number of hydrogen-bond donors (Lipinski definition) is 0. The molecule has 4 aromatic rings. The number of aryl methyl sites for hydroxylation is 1. The molecule has 0 unspecified atom stereocenters. The number of fused-ring (bicyclic) bond motifs is 2. The van der Waals surface area contributed by atoms with Crippen LogP contribution < -0.4 is 4.90 Å². The zero-order chi connectivity index (χ0) is 20.5. The summed E-state index contributed by atoms with van der Waals surface area (Å²) in [5, 5.41) is 1.34. The molecule has 0 saturated heterocycles. The second-order valence-corrected chi connectivity index (χ2v) is 8.64. The Morgan fingerprint density at radius 3 is 2.79 bits per heavy atom. The van der Waals surface area contributed by atoms with E-state index in [0.29, 0.717) is 28.1 Å². The van der Waals surface area contributed by atoms with Crippen molar-refractivity contribution >= 4 is 49.8 Å². The number of benzene rings is 1. The van der Waals surface area contributed by atoms with Gasteiger partial charge in [0.2, 0.25) is 0 Å². The molecular formula is C21H22ClN5OS. The molecule has 0 N–H and O–H groups in total. The van der Waals surface area contributed by atoms with Gasteiger partial charge in [-0.1, -0.05) is 29.0 Å². The van der Waals surface area contributed by atoms with Gasteiger partial charge in [0.1, 0.15) is 11.3 Å². The number of hydrogen-bond acceptors (Lipinski definition) is 5. The summed E-state index contributed by atoms with van der Waals surface area (Å²) >= 11 is 7.62. The average Bonchev–Trinajstić information content (AvgIpc) is 3.23. The summed E-state index contributed by atoms with van der Waals surface area (Å²) in [5.74, 6) is -0.0925. The Labute approximate surface area is 178 Å². The molecule has 1 amide bonds. The molecular weight excluding hydrogens is 406 g/mol. The predicted octanol–water partition coefficient (Wildman–Crippen LogP) is 4.50. The fourth-order valence-corrected chi connectivity index (χ4v) is 4.60. The van der Waals surface area contributed by atoms with E-state index in [1.807, 2.05) is 68.0 Å². The standard InChI is InChI=1S/C21H22ClN5OS/c1-14-19(26-11-5-4-7-18(26)23-14)20(28)27(12-6-10-25(2)3)21-24-16-9-8-15(22)13-17(16)29-21/h4-5,7-9,11,13H,6,10,12H2,1-3H3. The first-order chi connectivity index (χ1) is 13.9. The molecule has 29 heavy (non-hydrogen) atoms. The van der Waals surface area contributed by atoms with Crippen LogP contribution in [0.4, 0.5) is 5.13 Å². The lowest BCUT2D eigenvalue weighted by Gasteiger charge is -2.21. The van der Waals surface area contributed by atoms with Crippen molar-refractivity contribution < 1.29 is 4.79 Å². The molecule has 150 valence electrons. The Morgan fingerprint density at radius 1 is 1.17 bits per heavy atom. The molecule has 0 saturated carbocycles. The van der Waals surface area contributed by atoms with Gasteiger partial charge in [0.25, 0.3) is 5.91 Å². The molecule has 6 nitrogen and oxygen atoms in total. The maximum Gasteiger partial charge on any atom is 0.278 e. The van der Waals surface area contributed by atoms with Gasteiger partial charge in [0, 0.05) is 17.8 Å². The number of carbonyl (C=O) groups excluding carboxylic acids is 1. The van der Waals surface area contributed by atoms with Crippen LogP contribution in [-0.2, 0) is 0 Å². The molecule has 0 aliphatic carbocycles. The molecule has 4 rings (SSSR count). The summed E-state index contributed by atoms with van der Waals surface area (Å²) in [5.41, 5.74) is 2.89. The van der Waals surface area contributed by atoms with Gasteiger partial charge < -0.3 is 4.90 Å². The van der Waals surface area contributed by atoms with Crippen LogP contribution in [-0.4, -0.2) is 52.4 Å². The zero-order valence-electron chi connectivity index (χ0n) is 16.6. The molecule has 3 heterocycles. The first kappa shape index (κ1) is 19.8. The van der Waals surface area contributed by atoms with E-state index < -0.39 is 0 Å². The molecule has 0 atom stereocenters. The number of rotatable bonds is 6. The highest BCUT2D eigenvalue weighted by Crippen LogP contribution is 2.32. The predicted molar refractivity (Wildman–Crippen MR) is 119 cm³/mol. The van der Waals surface area contributed by atoms with Gasteiger partial charge in [-0.25, -0.2) is 9.97 Å². The van der Waals surface area contributed by atoms with E-state index in [1.54, 1.807) is 4.90 Å². The summed E-state index contributed by atoms with van der Waals surface area (Å²) < 4.78 is 2.81. The molecule has 0 aliphatic heterocycles. The summed E-state index contributed by atoms with van der Waals surface area (Å²) in [6, 6.07) is 11.3. The Hall–Kier alpha value is -2.48. The lowest BCUT2D eigenvalue weighted by atomic mass is 10.3. The van der Waals surface area contributed by atoms with E-state index in [4.69, 9.17) is 16.6 Å². The lowest BCUT2D eigenvalue weighted by Crippen LogP contribution is -2.34. The summed E-state index contributed by atoms with van der Waals surface area (Å²) in [7, 11) is 4.06. The van der Waals surface area contributed by atoms with E-state index in [9.17, 15) is 4.79 Å². The SMILES string of the molecule is Cc1nc2ccccn2c1C(=O)N(CCCN(C)C)c1nc2ccc(Cl)cc2s1. The minimum Gasteiger partial charge on any atom is -0.309 e. The number of imidazole rings is 1. The summed E-state index contributed by atoms with van der Waals surface area (Å²) in [6.45, 7) is 3.33. The van der Waals surface area contributed by atoms with Gasteiger partial charge in [0.15, 0.2) is 5.13 Å². The fourth-order valence-electron chi connectivity index (χ4n) is 3.33. The van der Waals surface area contributed by atoms with Crippen LogP contribution in [0.5, 0.6) is 0 Å². The smallest absolute Gasteiger partial charge is 0.278 e. The van der Waals surface area contributed by atoms with Crippen LogP contribution in [0, 0.1) is 6.92 Å². The third kappa shape index (κ3) is 3.99. The zero-order valence-corrected chi connectivity index (χ0v) is 18.2. The van der Waals surface area contributed by atoms with Crippen molar-refractivity contribution in [2.24, 2.45) is 0 Å². The molecule has 0 aliphatic rings. The van der Waals surface area contributed by atoms with Crippen molar-refractivity contribution in [1.82, 2.24) is 19.3 Å². The first-order valence-corrected chi connectivity index (χ1v) is 10.6. The minimum atomic E-state index is -0.0925. The van der Waals surface area contributed by atoms with Gasteiger partial charge in [0.05, 0.1) is 15.9 Å². The fraction of sp³-hybridized carbons (Fsp3) is 0.286. The van der Waals surface area contributed by atoms with Gasteiger partial charge in [-0.2, -0.15) is 0 Å². The van der Waals surface area contributed by atoms with E-state index in [2.05, 4.69) is 9.88 Å². The van der Waals surface area contributed by atoms with Crippen LogP contribution in [0.1, 0.15) is 22.6 Å². The number of halogens is 1. The first-order valence-electron chi connectivity index (χ1n) is 9.40. The number of aromatic nitrogens is 3. The molecule has 1 aromatic carbocycles. The Balaban J connectivity index is 1.76. The van der Waals surface area contributed by atoms with E-state index in [-0.39, 0.29) is 5.91 Å². The maximum atomic E-state index is 13.7. The van der Waals surface area contributed by atoms with Crippen molar-refractivity contribution in [1.29, 1.82) is 0 Å². The Bertz CT molecular complexity index is 1180. The summed E-state index contributed by atoms with van der Waals surface area (Å²) in [4.78, 5) is 26.8. The van der Waals surface area contributed by atoms with Gasteiger partial charge >= 0.3 is 0 Å². The number of nitrogens with zero attached hydrogens (tertiary/aromatic N) is 5. The second-order valence-electron chi connectivity index (χ2n) is 7.20. The Morgan fingerprint density at radius 2 is 2.00 bits per heavy atom. The Kier molecular flexibility index (Phi) is 5.54. The number of carbonyl (C=O) groups is 1. The molecule has 3 aromatic heterocycles. The van der Waals surface area contributed by atoms with Crippen LogP contribution in [0.25, 0.3) is 15.9 Å². The highest BCUT2D eigenvalue weighted by molar-refractivity contribution is 7.22. The number of pyridine rings is 1. The third-order valence-electron chi connectivity index (χ3n) is 4.71. The summed E-state index contributed by atoms with van der Waals surface area (Å²) in [6.07, 6.45) is 2.71. The van der Waals surface area contributed by atoms with Crippen molar-refractivity contribution in [2.75, 3.05) is 32.1 Å². The van der Waals surface area contributed by atoms with Crippen molar-refractivity contribution in [3.63, 3.8) is 0 Å². The molecule has 0 bridgehead atoms. The monoisotopic (exact) mass is 427 g/mol. The largest absolute Gasteiger partial charge is 0.309 e. The number of thiazole rings is 1. The van der Waals surface area contributed by atoms with Gasteiger partial charge in [-0.05, 0) is 64.3 Å². The average molecular weight is 428 g/mol. The van der Waals surface area contributed by atoms with Crippen LogP contribution in [0.15, 0.2) is 42.6 Å². The van der Waals surface area contributed by atoms with Crippen LogP contribution in [0.2, 0.25) is 5.02 Å². The number of anilines is 1. The highest BCUT2D eigenvalue weighted by atomic mass is 35.5. The number of amides is 1. The normalized spacial score (nSPS) is 11.6. The lowest BCUT2D eigenvalue weighted by molar-refractivity contribution is 0.0979. The van der Waals surface area contributed by atoms with E-state index in [0.717, 1.165) is 28.8 Å². The second kappa shape index (κ2) is 8.10. The quantitative estimate of drug-likeness (QED) is 0.454. The molecule has 0 fully saturated rings. The van der Waals surface area contributed by atoms with Gasteiger partial charge in [-0.3, -0.25) is 14.1 Å². The van der Waals surface area contributed by atoms with E-state index >= 15 is 0 Å². The van der Waals surface area contributed by atoms with Crippen molar-refractivity contribution in [2.45, 2.75) is 13.3 Å². The molecule has 0 radical (unpaired) electrons. The third-order valence-corrected chi connectivity index (χ3v) is 5.99. The molecule has 8 heteroatoms. The van der Waals surface area contributed by atoms with Crippen molar-refractivity contribution in [3.05, 3.63) is 59.0 Å². The highest BCUT2D eigenvalue weighted by Gasteiger charge is 2.26. The van der Waals surface area contributed by atoms with E-state index in [1.165, 1.54) is 11.3 Å². The van der Waals surface area contributed by atoms with Crippen LogP contribution in [0.3, 0.4) is 0 Å². The van der Waals surface area contributed by atoms with Crippen molar-refractivity contribution in [3.8, 4) is 0 Å². The minimum absolute atomic E-state index is 0.0925.